The summed E-state index contributed by atoms with van der Waals surface area (Å²) in [5, 5.41) is 3.23. The van der Waals surface area contributed by atoms with Gasteiger partial charge in [0.05, 0.1) is 6.42 Å². The Morgan fingerprint density at radius 1 is 1.25 bits per heavy atom. The topological polar surface area (TPSA) is 46.2 Å². The predicted octanol–water partition coefficient (Wildman–Crippen LogP) is 2.44. The number of ketones is 1. The molecule has 0 atom stereocenters. The summed E-state index contributed by atoms with van der Waals surface area (Å²) in [6.07, 6.45) is 0.752. The fourth-order valence-corrected chi connectivity index (χ4v) is 1.34. The van der Waals surface area contributed by atoms with Crippen molar-refractivity contribution in [3.63, 3.8) is 0 Å². The van der Waals surface area contributed by atoms with Crippen LogP contribution in [0, 0.1) is 0 Å². The minimum Gasteiger partial charge on any atom is -0.356 e. The Morgan fingerprint density at radius 3 is 2.44 bits per heavy atom. The number of halogens is 1. The van der Waals surface area contributed by atoms with Gasteiger partial charge in [-0.2, -0.15) is 0 Å². The second kappa shape index (κ2) is 6.28. The average Bonchev–Trinajstić information content (AvgIpc) is 2.27. The van der Waals surface area contributed by atoms with E-state index in [1.807, 2.05) is 6.92 Å². The van der Waals surface area contributed by atoms with Gasteiger partial charge in [0, 0.05) is 17.1 Å². The molecule has 0 aliphatic heterocycles. The van der Waals surface area contributed by atoms with Gasteiger partial charge in [-0.25, -0.2) is 0 Å². The first-order valence-corrected chi connectivity index (χ1v) is 5.56. The molecular weight excluding hydrogens is 226 g/mol. The van der Waals surface area contributed by atoms with Crippen LogP contribution in [-0.4, -0.2) is 18.2 Å². The summed E-state index contributed by atoms with van der Waals surface area (Å²) in [7, 11) is 0. The second-order valence-electron chi connectivity index (χ2n) is 3.46. The summed E-state index contributed by atoms with van der Waals surface area (Å²) in [6.45, 7) is 2.56. The van der Waals surface area contributed by atoms with Crippen molar-refractivity contribution in [2.45, 2.75) is 19.8 Å². The third kappa shape index (κ3) is 4.03. The van der Waals surface area contributed by atoms with Crippen molar-refractivity contribution >= 4 is 23.3 Å². The molecule has 0 heterocycles. The molecule has 0 saturated carbocycles. The molecule has 1 aromatic rings. The molecule has 86 valence electrons. The number of carbonyl (C=O) groups is 2. The highest BCUT2D eigenvalue weighted by Gasteiger charge is 2.10. The van der Waals surface area contributed by atoms with Gasteiger partial charge in [0.25, 0.3) is 0 Å². The van der Waals surface area contributed by atoms with Crippen LogP contribution in [0.25, 0.3) is 0 Å². The van der Waals surface area contributed by atoms with Gasteiger partial charge in [0.2, 0.25) is 5.91 Å². The summed E-state index contributed by atoms with van der Waals surface area (Å²) in [6, 6.07) is 6.52. The van der Waals surface area contributed by atoms with Crippen molar-refractivity contribution in [2.24, 2.45) is 0 Å². The van der Waals surface area contributed by atoms with E-state index in [0.29, 0.717) is 17.1 Å². The van der Waals surface area contributed by atoms with Crippen LogP contribution in [0.1, 0.15) is 30.1 Å². The van der Waals surface area contributed by atoms with Crippen LogP contribution in [0.3, 0.4) is 0 Å². The first kappa shape index (κ1) is 12.7. The zero-order valence-electron chi connectivity index (χ0n) is 9.13. The molecular formula is C12H14ClNO2. The maximum Gasteiger partial charge on any atom is 0.227 e. The molecule has 4 heteroatoms. The van der Waals surface area contributed by atoms with Crippen LogP contribution in [0.5, 0.6) is 0 Å². The maximum atomic E-state index is 11.6. The first-order chi connectivity index (χ1) is 7.63. The molecule has 0 fully saturated rings. The first-order valence-electron chi connectivity index (χ1n) is 5.19. The van der Waals surface area contributed by atoms with Crippen LogP contribution in [-0.2, 0) is 4.79 Å². The summed E-state index contributed by atoms with van der Waals surface area (Å²) >= 11 is 5.70. The Balaban J connectivity index is 2.52. The number of carbonyl (C=O) groups excluding carboxylic acids is 2. The third-order valence-corrected chi connectivity index (χ3v) is 2.31. The highest BCUT2D eigenvalue weighted by atomic mass is 35.5. The number of Topliss-reactive ketones (excluding diaryl/α,β-unsaturated/α-hetero) is 1. The molecule has 0 unspecified atom stereocenters. The minimum atomic E-state index is -0.234. The lowest BCUT2D eigenvalue weighted by Gasteiger charge is -2.03. The fraction of sp³-hybridized carbons (Fsp3) is 0.333. The molecule has 0 bridgehead atoms. The monoisotopic (exact) mass is 239 g/mol. The van der Waals surface area contributed by atoms with Crippen molar-refractivity contribution in [3.8, 4) is 0 Å². The second-order valence-corrected chi connectivity index (χ2v) is 3.89. The summed E-state index contributed by atoms with van der Waals surface area (Å²) in [5.74, 6) is -0.424. The van der Waals surface area contributed by atoms with E-state index in [4.69, 9.17) is 11.6 Å². The predicted molar refractivity (Wildman–Crippen MR) is 63.7 cm³/mol. The van der Waals surface area contributed by atoms with Gasteiger partial charge in [-0.1, -0.05) is 18.5 Å². The largest absolute Gasteiger partial charge is 0.356 e. The number of amides is 1. The van der Waals surface area contributed by atoms with E-state index in [-0.39, 0.29) is 18.1 Å². The highest BCUT2D eigenvalue weighted by Crippen LogP contribution is 2.10. The van der Waals surface area contributed by atoms with E-state index in [2.05, 4.69) is 5.32 Å². The molecule has 1 aromatic carbocycles. The lowest BCUT2D eigenvalue weighted by Crippen LogP contribution is -2.26. The highest BCUT2D eigenvalue weighted by molar-refractivity contribution is 6.30. The number of benzene rings is 1. The van der Waals surface area contributed by atoms with Gasteiger partial charge >= 0.3 is 0 Å². The van der Waals surface area contributed by atoms with Crippen molar-refractivity contribution in [2.75, 3.05) is 6.54 Å². The van der Waals surface area contributed by atoms with Gasteiger partial charge in [0.1, 0.15) is 0 Å². The summed E-state index contributed by atoms with van der Waals surface area (Å²) in [5.41, 5.74) is 0.510. The van der Waals surface area contributed by atoms with Crippen molar-refractivity contribution in [1.29, 1.82) is 0 Å². The lowest BCUT2D eigenvalue weighted by atomic mass is 10.1. The average molecular weight is 240 g/mol. The van der Waals surface area contributed by atoms with Crippen molar-refractivity contribution < 1.29 is 9.59 Å². The van der Waals surface area contributed by atoms with Crippen LogP contribution in [0.2, 0.25) is 5.02 Å². The Bertz CT molecular complexity index is 373. The molecule has 1 N–H and O–H groups in total. The van der Waals surface area contributed by atoms with E-state index >= 15 is 0 Å². The van der Waals surface area contributed by atoms with Gasteiger partial charge in [-0.3, -0.25) is 9.59 Å². The molecule has 0 radical (unpaired) electrons. The van der Waals surface area contributed by atoms with E-state index in [9.17, 15) is 9.59 Å². The molecule has 0 aliphatic rings. The Kier molecular flexibility index (Phi) is 4.99. The molecule has 0 spiro atoms. The van der Waals surface area contributed by atoms with Gasteiger partial charge < -0.3 is 5.32 Å². The van der Waals surface area contributed by atoms with E-state index < -0.39 is 0 Å². The molecule has 0 aliphatic carbocycles. The number of nitrogens with one attached hydrogen (secondary N) is 1. The zero-order valence-corrected chi connectivity index (χ0v) is 9.88. The molecule has 1 amide bonds. The Labute approximate surface area is 99.8 Å². The normalized spacial score (nSPS) is 9.88. The maximum absolute atomic E-state index is 11.6. The van der Waals surface area contributed by atoms with Gasteiger partial charge in [0.15, 0.2) is 5.78 Å². The van der Waals surface area contributed by atoms with Crippen LogP contribution < -0.4 is 5.32 Å². The van der Waals surface area contributed by atoms with Crippen LogP contribution in [0.4, 0.5) is 0 Å². The molecule has 1 rings (SSSR count). The van der Waals surface area contributed by atoms with Gasteiger partial charge in [-0.15, -0.1) is 0 Å². The smallest absolute Gasteiger partial charge is 0.227 e. The van der Waals surface area contributed by atoms with Crippen molar-refractivity contribution in [1.82, 2.24) is 5.32 Å². The summed E-state index contributed by atoms with van der Waals surface area (Å²) < 4.78 is 0. The Hall–Kier alpha value is -1.35. The number of hydrogen-bond acceptors (Lipinski definition) is 2. The van der Waals surface area contributed by atoms with E-state index in [0.717, 1.165) is 6.42 Å². The zero-order chi connectivity index (χ0) is 12.0. The number of hydrogen-bond donors (Lipinski definition) is 1. The standard InChI is InChI=1S/C12H14ClNO2/c1-2-7-14-12(16)8-11(15)9-3-5-10(13)6-4-9/h3-6H,2,7-8H2,1H3,(H,14,16). The van der Waals surface area contributed by atoms with Crippen LogP contribution >= 0.6 is 11.6 Å². The van der Waals surface area contributed by atoms with Crippen molar-refractivity contribution in [3.05, 3.63) is 34.9 Å². The van der Waals surface area contributed by atoms with E-state index in [1.54, 1.807) is 24.3 Å². The molecule has 0 saturated heterocycles. The fourth-order valence-electron chi connectivity index (χ4n) is 1.21. The van der Waals surface area contributed by atoms with Gasteiger partial charge in [-0.05, 0) is 30.7 Å². The molecule has 0 aromatic heterocycles. The SMILES string of the molecule is CCCNC(=O)CC(=O)c1ccc(Cl)cc1. The molecule has 16 heavy (non-hydrogen) atoms. The van der Waals surface area contributed by atoms with E-state index in [1.165, 1.54) is 0 Å². The molecule has 3 nitrogen and oxygen atoms in total. The summed E-state index contributed by atoms with van der Waals surface area (Å²) in [4.78, 5) is 22.9. The Morgan fingerprint density at radius 2 is 1.88 bits per heavy atom. The third-order valence-electron chi connectivity index (χ3n) is 2.06. The minimum absolute atomic E-state index is 0.109. The lowest BCUT2D eigenvalue weighted by molar-refractivity contribution is -0.120. The number of rotatable bonds is 5. The van der Waals surface area contributed by atoms with Crippen LogP contribution in [0.15, 0.2) is 24.3 Å². The quantitative estimate of drug-likeness (QED) is 0.634.